The Morgan fingerprint density at radius 1 is 1.39 bits per heavy atom. The number of aryl methyl sites for hydroxylation is 1. The lowest BCUT2D eigenvalue weighted by Crippen LogP contribution is -2.10. The minimum absolute atomic E-state index is 0.116. The molecule has 3 aromatic rings. The van der Waals surface area contributed by atoms with E-state index < -0.39 is 0 Å². The number of nitrogens with zero attached hydrogens (tertiary/aromatic N) is 2. The van der Waals surface area contributed by atoms with Gasteiger partial charge in [-0.05, 0) is 24.3 Å². The van der Waals surface area contributed by atoms with E-state index in [0.717, 1.165) is 16.6 Å². The predicted octanol–water partition coefficient (Wildman–Crippen LogP) is 2.15. The van der Waals surface area contributed by atoms with Crippen molar-refractivity contribution in [3.05, 3.63) is 48.4 Å². The van der Waals surface area contributed by atoms with Crippen LogP contribution in [-0.2, 0) is 7.05 Å². The molecule has 90 valence electrons. The Morgan fingerprint density at radius 2 is 2.28 bits per heavy atom. The Morgan fingerprint density at radius 3 is 3.06 bits per heavy atom. The normalized spacial score (nSPS) is 10.7. The van der Waals surface area contributed by atoms with Crippen molar-refractivity contribution in [2.75, 3.05) is 5.32 Å². The molecular formula is C13H12N4O. The number of amides is 1. The third-order valence-electron chi connectivity index (χ3n) is 2.79. The van der Waals surface area contributed by atoms with Crippen LogP contribution in [0, 0.1) is 0 Å². The molecule has 1 aromatic carbocycles. The largest absolute Gasteiger partial charge is 0.356 e. The average molecular weight is 240 g/mol. The first-order valence-corrected chi connectivity index (χ1v) is 5.59. The zero-order valence-corrected chi connectivity index (χ0v) is 9.84. The lowest BCUT2D eigenvalue weighted by molar-refractivity contribution is 0.102. The zero-order chi connectivity index (χ0) is 12.5. The molecule has 2 N–H and O–H groups in total. The van der Waals surface area contributed by atoms with Gasteiger partial charge in [-0.2, -0.15) is 5.10 Å². The predicted molar refractivity (Wildman–Crippen MR) is 69.5 cm³/mol. The number of carbonyl (C=O) groups excluding carboxylic acids is 1. The second-order valence-corrected chi connectivity index (χ2v) is 4.19. The summed E-state index contributed by atoms with van der Waals surface area (Å²) in [5.41, 5.74) is 2.30. The number of H-pyrrole nitrogens is 1. The summed E-state index contributed by atoms with van der Waals surface area (Å²) >= 11 is 0. The molecule has 0 aliphatic rings. The summed E-state index contributed by atoms with van der Waals surface area (Å²) < 4.78 is 1.84. The second-order valence-electron chi connectivity index (χ2n) is 4.19. The SMILES string of the molecule is Cn1ccc(C(=O)Nc2ccc3cn[nH]c3c2)c1. The number of benzene rings is 1. The van der Waals surface area contributed by atoms with E-state index in [4.69, 9.17) is 0 Å². The first-order chi connectivity index (χ1) is 8.72. The van der Waals surface area contributed by atoms with Crippen LogP contribution in [-0.4, -0.2) is 20.7 Å². The fourth-order valence-electron chi connectivity index (χ4n) is 1.86. The lowest BCUT2D eigenvalue weighted by atomic mass is 10.2. The Balaban J connectivity index is 1.85. The maximum Gasteiger partial charge on any atom is 0.257 e. The van der Waals surface area contributed by atoms with Gasteiger partial charge in [-0.15, -0.1) is 0 Å². The first kappa shape index (κ1) is 10.6. The quantitative estimate of drug-likeness (QED) is 0.721. The van der Waals surface area contributed by atoms with E-state index in [1.807, 2.05) is 36.0 Å². The third kappa shape index (κ3) is 1.86. The van der Waals surface area contributed by atoms with Crippen LogP contribution in [0.25, 0.3) is 10.9 Å². The number of aromatic amines is 1. The van der Waals surface area contributed by atoms with Gasteiger partial charge in [-0.1, -0.05) is 0 Å². The molecule has 2 aromatic heterocycles. The third-order valence-corrected chi connectivity index (χ3v) is 2.79. The molecule has 0 aliphatic carbocycles. The molecule has 0 radical (unpaired) electrons. The van der Waals surface area contributed by atoms with Gasteiger partial charge in [0, 0.05) is 30.5 Å². The number of fused-ring (bicyclic) bond motifs is 1. The van der Waals surface area contributed by atoms with Crippen molar-refractivity contribution in [1.82, 2.24) is 14.8 Å². The molecule has 0 fully saturated rings. The highest BCUT2D eigenvalue weighted by molar-refractivity contribution is 6.04. The summed E-state index contributed by atoms with van der Waals surface area (Å²) in [6, 6.07) is 7.42. The highest BCUT2D eigenvalue weighted by atomic mass is 16.1. The molecule has 3 rings (SSSR count). The number of rotatable bonds is 2. The van der Waals surface area contributed by atoms with Crippen LogP contribution in [0.2, 0.25) is 0 Å². The van der Waals surface area contributed by atoms with E-state index in [1.54, 1.807) is 18.5 Å². The summed E-state index contributed by atoms with van der Waals surface area (Å²) in [5.74, 6) is -0.116. The number of carbonyl (C=O) groups is 1. The summed E-state index contributed by atoms with van der Waals surface area (Å²) in [4.78, 5) is 12.0. The molecule has 1 amide bonds. The highest BCUT2D eigenvalue weighted by Gasteiger charge is 2.07. The van der Waals surface area contributed by atoms with Gasteiger partial charge in [-0.25, -0.2) is 0 Å². The average Bonchev–Trinajstić information content (AvgIpc) is 2.96. The fraction of sp³-hybridized carbons (Fsp3) is 0.0769. The van der Waals surface area contributed by atoms with Crippen LogP contribution in [0.4, 0.5) is 5.69 Å². The Hall–Kier alpha value is -2.56. The number of hydrogen-bond acceptors (Lipinski definition) is 2. The van der Waals surface area contributed by atoms with Crippen LogP contribution >= 0.6 is 0 Å². The van der Waals surface area contributed by atoms with Crippen molar-refractivity contribution in [2.24, 2.45) is 7.05 Å². The molecule has 0 atom stereocenters. The van der Waals surface area contributed by atoms with Crippen LogP contribution in [0.15, 0.2) is 42.9 Å². The molecule has 5 nitrogen and oxygen atoms in total. The smallest absolute Gasteiger partial charge is 0.257 e. The molecule has 0 saturated heterocycles. The van der Waals surface area contributed by atoms with E-state index in [-0.39, 0.29) is 5.91 Å². The summed E-state index contributed by atoms with van der Waals surface area (Å²) in [6.07, 6.45) is 5.37. The van der Waals surface area contributed by atoms with Gasteiger partial charge < -0.3 is 9.88 Å². The van der Waals surface area contributed by atoms with Crippen molar-refractivity contribution in [1.29, 1.82) is 0 Å². The monoisotopic (exact) mass is 240 g/mol. The van der Waals surface area contributed by atoms with Crippen LogP contribution < -0.4 is 5.32 Å². The van der Waals surface area contributed by atoms with Crippen molar-refractivity contribution < 1.29 is 4.79 Å². The van der Waals surface area contributed by atoms with E-state index >= 15 is 0 Å². The van der Waals surface area contributed by atoms with E-state index in [9.17, 15) is 4.79 Å². The Bertz CT molecular complexity index is 710. The summed E-state index contributed by atoms with van der Waals surface area (Å²) in [5, 5.41) is 10.7. The van der Waals surface area contributed by atoms with E-state index in [2.05, 4.69) is 15.5 Å². The topological polar surface area (TPSA) is 62.7 Å². The van der Waals surface area contributed by atoms with Gasteiger partial charge in [0.25, 0.3) is 5.91 Å². The minimum Gasteiger partial charge on any atom is -0.356 e. The number of nitrogens with one attached hydrogen (secondary N) is 2. The van der Waals surface area contributed by atoms with Gasteiger partial charge in [0.15, 0.2) is 0 Å². The van der Waals surface area contributed by atoms with Crippen molar-refractivity contribution in [2.45, 2.75) is 0 Å². The summed E-state index contributed by atoms with van der Waals surface area (Å²) in [7, 11) is 1.88. The first-order valence-electron chi connectivity index (χ1n) is 5.59. The van der Waals surface area contributed by atoms with Gasteiger partial charge in [0.05, 0.1) is 17.3 Å². The van der Waals surface area contributed by atoms with Gasteiger partial charge in [-0.3, -0.25) is 9.89 Å². The minimum atomic E-state index is -0.116. The van der Waals surface area contributed by atoms with Gasteiger partial charge in [0.1, 0.15) is 0 Å². The fourth-order valence-corrected chi connectivity index (χ4v) is 1.86. The molecule has 0 bridgehead atoms. The molecule has 5 heteroatoms. The van der Waals surface area contributed by atoms with E-state index in [0.29, 0.717) is 5.56 Å². The standard InChI is InChI=1S/C13H12N4O/c1-17-5-4-10(8-17)13(18)15-11-3-2-9-7-14-16-12(9)6-11/h2-8H,1H3,(H,14,16)(H,15,18). The van der Waals surface area contributed by atoms with Crippen LogP contribution in [0.5, 0.6) is 0 Å². The molecular weight excluding hydrogens is 228 g/mol. The maximum absolute atomic E-state index is 12.0. The number of hydrogen-bond donors (Lipinski definition) is 2. The van der Waals surface area contributed by atoms with Crippen LogP contribution in [0.3, 0.4) is 0 Å². The highest BCUT2D eigenvalue weighted by Crippen LogP contribution is 2.17. The van der Waals surface area contributed by atoms with Gasteiger partial charge >= 0.3 is 0 Å². The van der Waals surface area contributed by atoms with Crippen LogP contribution in [0.1, 0.15) is 10.4 Å². The lowest BCUT2D eigenvalue weighted by Gasteiger charge is -2.03. The Labute approximate surface area is 103 Å². The maximum atomic E-state index is 12.0. The molecule has 0 aliphatic heterocycles. The molecule has 0 saturated carbocycles. The summed E-state index contributed by atoms with van der Waals surface area (Å²) in [6.45, 7) is 0. The molecule has 18 heavy (non-hydrogen) atoms. The number of anilines is 1. The van der Waals surface area contributed by atoms with E-state index in [1.165, 1.54) is 0 Å². The van der Waals surface area contributed by atoms with Crippen molar-refractivity contribution in [3.8, 4) is 0 Å². The van der Waals surface area contributed by atoms with Crippen molar-refractivity contribution in [3.63, 3.8) is 0 Å². The second kappa shape index (κ2) is 4.03. The molecule has 2 heterocycles. The molecule has 0 spiro atoms. The van der Waals surface area contributed by atoms with Crippen molar-refractivity contribution >= 4 is 22.5 Å². The van der Waals surface area contributed by atoms with Gasteiger partial charge in [0.2, 0.25) is 0 Å². The Kier molecular flexibility index (Phi) is 2.37. The number of aromatic nitrogens is 3. The molecule has 0 unspecified atom stereocenters. The zero-order valence-electron chi connectivity index (χ0n) is 9.84.